The van der Waals surface area contributed by atoms with E-state index in [0.717, 1.165) is 19.3 Å². The second-order valence-electron chi connectivity index (χ2n) is 5.16. The molecule has 2 aliphatic rings. The van der Waals surface area contributed by atoms with Crippen LogP contribution in [0.2, 0.25) is 0 Å². The number of aromatic amines is 1. The summed E-state index contributed by atoms with van der Waals surface area (Å²) < 4.78 is 5.77. The zero-order valence-electron chi connectivity index (χ0n) is 10.1. The Morgan fingerprint density at radius 1 is 1.50 bits per heavy atom. The van der Waals surface area contributed by atoms with Crippen molar-refractivity contribution < 1.29 is 9.53 Å². The summed E-state index contributed by atoms with van der Waals surface area (Å²) in [4.78, 5) is 25.6. The van der Waals surface area contributed by atoms with E-state index in [9.17, 15) is 9.59 Å². The minimum absolute atomic E-state index is 0.0338. The van der Waals surface area contributed by atoms with Crippen molar-refractivity contribution in [2.45, 2.75) is 37.3 Å². The molecule has 2 fully saturated rings. The maximum Gasteiger partial charge on any atom is 0.251 e. The third kappa shape index (κ3) is 2.06. The van der Waals surface area contributed by atoms with Crippen LogP contribution in [0.1, 0.15) is 36.0 Å². The Morgan fingerprint density at radius 3 is 2.94 bits per heavy atom. The van der Waals surface area contributed by atoms with Gasteiger partial charge in [-0.1, -0.05) is 0 Å². The highest BCUT2D eigenvalue weighted by Gasteiger charge is 2.45. The number of rotatable bonds is 2. The normalized spacial score (nSPS) is 24.8. The molecule has 5 nitrogen and oxygen atoms in total. The average Bonchev–Trinajstić information content (AvgIpc) is 2.73. The lowest BCUT2D eigenvalue weighted by atomic mass is 9.77. The minimum Gasteiger partial charge on any atom is -0.373 e. The van der Waals surface area contributed by atoms with E-state index in [2.05, 4.69) is 10.3 Å². The van der Waals surface area contributed by atoms with E-state index in [-0.39, 0.29) is 23.1 Å². The number of aromatic nitrogens is 1. The molecular weight excluding hydrogens is 232 g/mol. The molecule has 3 rings (SSSR count). The van der Waals surface area contributed by atoms with E-state index in [1.807, 2.05) is 0 Å². The third-order valence-corrected chi connectivity index (χ3v) is 3.85. The molecule has 0 aromatic carbocycles. The lowest BCUT2D eigenvalue weighted by molar-refractivity contribution is -0.0563. The predicted molar refractivity (Wildman–Crippen MR) is 65.5 cm³/mol. The first-order valence-corrected chi connectivity index (χ1v) is 6.30. The topological polar surface area (TPSA) is 71.2 Å². The lowest BCUT2D eigenvalue weighted by Gasteiger charge is -2.37. The SMILES string of the molecule is O=C(NC1COC2(CCC2)C1)c1cc[nH]c(=O)c1. The average molecular weight is 248 g/mol. The fraction of sp³-hybridized carbons (Fsp3) is 0.538. The molecule has 96 valence electrons. The molecule has 1 aliphatic carbocycles. The summed E-state index contributed by atoms with van der Waals surface area (Å²) >= 11 is 0. The Balaban J connectivity index is 1.63. The molecule has 1 aromatic heterocycles. The number of carbonyl (C=O) groups excluding carboxylic acids is 1. The Kier molecular flexibility index (Phi) is 2.70. The molecule has 18 heavy (non-hydrogen) atoms. The van der Waals surface area contributed by atoms with Crippen LogP contribution in [-0.4, -0.2) is 29.1 Å². The van der Waals surface area contributed by atoms with Crippen molar-refractivity contribution in [3.63, 3.8) is 0 Å². The molecule has 2 N–H and O–H groups in total. The van der Waals surface area contributed by atoms with Crippen LogP contribution in [0.4, 0.5) is 0 Å². The number of pyridine rings is 1. The molecule has 1 saturated heterocycles. The second kappa shape index (κ2) is 4.24. The summed E-state index contributed by atoms with van der Waals surface area (Å²) in [5.41, 5.74) is 0.167. The van der Waals surface area contributed by atoms with E-state index in [4.69, 9.17) is 4.74 Å². The van der Waals surface area contributed by atoms with Crippen LogP contribution in [-0.2, 0) is 4.74 Å². The summed E-state index contributed by atoms with van der Waals surface area (Å²) in [6.45, 7) is 0.578. The van der Waals surface area contributed by atoms with Gasteiger partial charge in [0, 0.05) is 17.8 Å². The lowest BCUT2D eigenvalue weighted by Crippen LogP contribution is -2.39. The monoisotopic (exact) mass is 248 g/mol. The Hall–Kier alpha value is -1.62. The van der Waals surface area contributed by atoms with Crippen molar-refractivity contribution in [3.05, 3.63) is 34.2 Å². The first-order valence-electron chi connectivity index (χ1n) is 6.30. The molecule has 1 spiro atoms. The maximum absolute atomic E-state index is 12.0. The van der Waals surface area contributed by atoms with Crippen molar-refractivity contribution in [1.82, 2.24) is 10.3 Å². The number of nitrogens with one attached hydrogen (secondary N) is 2. The van der Waals surface area contributed by atoms with Crippen molar-refractivity contribution >= 4 is 5.91 Å². The molecule has 1 aliphatic heterocycles. The van der Waals surface area contributed by atoms with Gasteiger partial charge in [-0.3, -0.25) is 9.59 Å². The fourth-order valence-corrected chi connectivity index (χ4v) is 2.71. The standard InChI is InChI=1S/C13H16N2O3/c16-11-6-9(2-5-14-11)12(17)15-10-7-13(18-8-10)3-1-4-13/h2,5-6,10H,1,3-4,7-8H2,(H,14,16)(H,15,17). The van der Waals surface area contributed by atoms with Gasteiger partial charge < -0.3 is 15.0 Å². The van der Waals surface area contributed by atoms with Gasteiger partial charge in [-0.15, -0.1) is 0 Å². The van der Waals surface area contributed by atoms with Gasteiger partial charge in [0.15, 0.2) is 0 Å². The molecule has 2 heterocycles. The summed E-state index contributed by atoms with van der Waals surface area (Å²) in [6.07, 6.45) is 5.79. The number of amides is 1. The molecule has 1 saturated carbocycles. The molecular formula is C13H16N2O3. The number of hydrogen-bond acceptors (Lipinski definition) is 3. The van der Waals surface area contributed by atoms with Gasteiger partial charge in [0.05, 0.1) is 18.2 Å². The number of H-pyrrole nitrogens is 1. The largest absolute Gasteiger partial charge is 0.373 e. The molecule has 0 bridgehead atoms. The van der Waals surface area contributed by atoms with Crippen molar-refractivity contribution in [3.8, 4) is 0 Å². The van der Waals surface area contributed by atoms with Crippen molar-refractivity contribution in [2.75, 3.05) is 6.61 Å². The van der Waals surface area contributed by atoms with Crippen LogP contribution in [0.5, 0.6) is 0 Å². The smallest absolute Gasteiger partial charge is 0.251 e. The summed E-state index contributed by atoms with van der Waals surface area (Å²) in [6, 6.07) is 2.98. The van der Waals surface area contributed by atoms with E-state index in [1.54, 1.807) is 6.07 Å². The fourth-order valence-electron chi connectivity index (χ4n) is 2.71. The van der Waals surface area contributed by atoms with Crippen LogP contribution in [0.15, 0.2) is 23.1 Å². The van der Waals surface area contributed by atoms with Gasteiger partial charge in [-0.25, -0.2) is 0 Å². The summed E-state index contributed by atoms with van der Waals surface area (Å²) in [7, 11) is 0. The van der Waals surface area contributed by atoms with Gasteiger partial charge in [0.1, 0.15) is 0 Å². The number of ether oxygens (including phenoxy) is 1. The molecule has 1 atom stereocenters. The Labute approximate surface area is 105 Å². The van der Waals surface area contributed by atoms with E-state index in [1.165, 1.54) is 18.7 Å². The van der Waals surface area contributed by atoms with Gasteiger partial charge in [-0.05, 0) is 31.7 Å². The first-order chi connectivity index (χ1) is 8.67. The van der Waals surface area contributed by atoms with Gasteiger partial charge in [0.25, 0.3) is 5.91 Å². The van der Waals surface area contributed by atoms with E-state index in [0.29, 0.717) is 12.2 Å². The first kappa shape index (κ1) is 11.5. The van der Waals surface area contributed by atoms with Gasteiger partial charge in [0.2, 0.25) is 5.56 Å². The molecule has 0 radical (unpaired) electrons. The highest BCUT2D eigenvalue weighted by atomic mass is 16.5. The van der Waals surface area contributed by atoms with Crippen LogP contribution in [0, 0.1) is 0 Å². The predicted octanol–water partition coefficient (Wildman–Crippen LogP) is 0.816. The van der Waals surface area contributed by atoms with E-state index < -0.39 is 0 Å². The summed E-state index contributed by atoms with van der Waals surface area (Å²) in [5, 5.41) is 2.93. The van der Waals surface area contributed by atoms with Gasteiger partial charge in [-0.2, -0.15) is 0 Å². The highest BCUT2D eigenvalue weighted by molar-refractivity contribution is 5.94. The van der Waals surface area contributed by atoms with Crippen molar-refractivity contribution in [2.24, 2.45) is 0 Å². The van der Waals surface area contributed by atoms with Crippen molar-refractivity contribution in [1.29, 1.82) is 0 Å². The summed E-state index contributed by atoms with van der Waals surface area (Å²) in [5.74, 6) is -0.203. The van der Waals surface area contributed by atoms with Crippen LogP contribution >= 0.6 is 0 Å². The third-order valence-electron chi connectivity index (χ3n) is 3.85. The maximum atomic E-state index is 12.0. The number of carbonyl (C=O) groups is 1. The second-order valence-corrected chi connectivity index (χ2v) is 5.16. The highest BCUT2D eigenvalue weighted by Crippen LogP contribution is 2.43. The van der Waals surface area contributed by atoms with E-state index >= 15 is 0 Å². The quantitative estimate of drug-likeness (QED) is 0.813. The van der Waals surface area contributed by atoms with Crippen LogP contribution in [0.3, 0.4) is 0 Å². The Bertz CT molecular complexity index is 519. The minimum atomic E-state index is -0.263. The zero-order chi connectivity index (χ0) is 12.6. The van der Waals surface area contributed by atoms with Crippen LogP contribution in [0.25, 0.3) is 0 Å². The zero-order valence-corrected chi connectivity index (χ0v) is 10.1. The molecule has 1 unspecified atom stereocenters. The molecule has 5 heteroatoms. The molecule has 1 aromatic rings. The van der Waals surface area contributed by atoms with Crippen LogP contribution < -0.4 is 10.9 Å². The van der Waals surface area contributed by atoms with Gasteiger partial charge >= 0.3 is 0 Å². The number of hydrogen-bond donors (Lipinski definition) is 2. The molecule has 1 amide bonds. The Morgan fingerprint density at radius 2 is 2.33 bits per heavy atom.